The van der Waals surface area contributed by atoms with Gasteiger partial charge in [-0.3, -0.25) is 14.0 Å². The lowest BCUT2D eigenvalue weighted by molar-refractivity contribution is -0.140. The van der Waals surface area contributed by atoms with Gasteiger partial charge in [0.1, 0.15) is 11.7 Å². The van der Waals surface area contributed by atoms with Crippen molar-refractivity contribution in [2.75, 3.05) is 6.61 Å². The summed E-state index contributed by atoms with van der Waals surface area (Å²) in [6.07, 6.45) is 1.61. The first-order valence-corrected chi connectivity index (χ1v) is 7.83. The summed E-state index contributed by atoms with van der Waals surface area (Å²) in [6.45, 7) is 4.11. The average molecular weight is 348 g/mol. The number of carboxylic acid groups (broad SMARTS) is 1. The molecule has 2 rings (SSSR count). The zero-order chi connectivity index (χ0) is 18.6. The van der Waals surface area contributed by atoms with Gasteiger partial charge in [0.05, 0.1) is 18.7 Å². The fraction of sp³-hybridized carbons (Fsp3) is 0.375. The molecule has 9 heteroatoms. The van der Waals surface area contributed by atoms with Crippen LogP contribution in [0.5, 0.6) is 5.75 Å². The molecular weight excluding hydrogens is 328 g/mol. The van der Waals surface area contributed by atoms with Crippen molar-refractivity contribution >= 4 is 23.4 Å². The molecule has 0 bridgehead atoms. The summed E-state index contributed by atoms with van der Waals surface area (Å²) < 4.78 is 7.06. The summed E-state index contributed by atoms with van der Waals surface area (Å²) in [7, 11) is 0. The van der Waals surface area contributed by atoms with E-state index in [1.807, 2.05) is 13.8 Å². The molecule has 134 valence electrons. The van der Waals surface area contributed by atoms with Crippen molar-refractivity contribution in [2.24, 2.45) is 5.73 Å². The molecular formula is C16H20N4O5. The molecule has 0 radical (unpaired) electrons. The molecule has 0 saturated heterocycles. The predicted molar refractivity (Wildman–Crippen MR) is 88.4 cm³/mol. The third-order valence-corrected chi connectivity index (χ3v) is 3.54. The topological polar surface area (TPSA) is 136 Å². The summed E-state index contributed by atoms with van der Waals surface area (Å²) >= 11 is 0. The third kappa shape index (κ3) is 3.87. The molecule has 1 atom stereocenters. The van der Waals surface area contributed by atoms with Crippen molar-refractivity contribution in [1.29, 1.82) is 0 Å². The first-order chi connectivity index (χ1) is 11.9. The summed E-state index contributed by atoms with van der Waals surface area (Å²) in [4.78, 5) is 39.3. The number of aromatic nitrogens is 2. The average Bonchev–Trinajstić information content (AvgIpc) is 2.93. The Bertz CT molecular complexity index is 814. The van der Waals surface area contributed by atoms with Crippen molar-refractivity contribution in [3.8, 4) is 5.75 Å². The Hall–Kier alpha value is -3.10. The number of carboxylic acids is 1. The highest BCUT2D eigenvalue weighted by Crippen LogP contribution is 2.23. The minimum absolute atomic E-state index is 0.203. The Kier molecular flexibility index (Phi) is 5.58. The quantitative estimate of drug-likeness (QED) is 0.630. The number of nitrogens with one attached hydrogen (secondary N) is 1. The lowest BCUT2D eigenvalue weighted by atomic mass is 10.2. The van der Waals surface area contributed by atoms with E-state index in [1.54, 1.807) is 22.7 Å². The monoisotopic (exact) mass is 348 g/mol. The van der Waals surface area contributed by atoms with Gasteiger partial charge in [-0.25, -0.2) is 9.78 Å². The normalized spacial score (nSPS) is 11.9. The number of fused-ring (bicyclic) bond motifs is 1. The third-order valence-electron chi connectivity index (χ3n) is 3.54. The van der Waals surface area contributed by atoms with E-state index in [2.05, 4.69) is 10.3 Å². The SMILES string of the molecule is CCOc1cccn2c(C(=O)NC(CC(N)=O)C(=O)O)c(CC)nc12. The number of imidazole rings is 1. The minimum atomic E-state index is -1.41. The minimum Gasteiger partial charge on any atom is -0.490 e. The van der Waals surface area contributed by atoms with Gasteiger partial charge in [-0.1, -0.05) is 6.92 Å². The number of amides is 2. The van der Waals surface area contributed by atoms with Crippen LogP contribution < -0.4 is 15.8 Å². The van der Waals surface area contributed by atoms with Crippen LogP contribution in [0.2, 0.25) is 0 Å². The van der Waals surface area contributed by atoms with Gasteiger partial charge in [-0.2, -0.15) is 0 Å². The second kappa shape index (κ2) is 7.65. The van der Waals surface area contributed by atoms with Crippen molar-refractivity contribution in [3.05, 3.63) is 29.7 Å². The molecule has 0 aromatic carbocycles. The summed E-state index contributed by atoms with van der Waals surface area (Å²) in [6, 6.07) is 2.03. The number of nitrogens with zero attached hydrogens (tertiary/aromatic N) is 2. The molecule has 0 aliphatic heterocycles. The van der Waals surface area contributed by atoms with E-state index < -0.39 is 30.2 Å². The van der Waals surface area contributed by atoms with Gasteiger partial charge >= 0.3 is 5.97 Å². The second-order valence-corrected chi connectivity index (χ2v) is 5.29. The highest BCUT2D eigenvalue weighted by molar-refractivity contribution is 5.98. The Labute approximate surface area is 143 Å². The Morgan fingerprint density at radius 2 is 2.12 bits per heavy atom. The van der Waals surface area contributed by atoms with Crippen LogP contribution in [-0.4, -0.2) is 44.9 Å². The Morgan fingerprint density at radius 1 is 1.40 bits per heavy atom. The van der Waals surface area contributed by atoms with Crippen molar-refractivity contribution in [2.45, 2.75) is 32.7 Å². The molecule has 0 spiro atoms. The number of carbonyl (C=O) groups excluding carboxylic acids is 2. The van der Waals surface area contributed by atoms with Gasteiger partial charge in [-0.15, -0.1) is 0 Å². The maximum Gasteiger partial charge on any atom is 0.326 e. The number of aliphatic carboxylic acids is 1. The molecule has 2 amide bonds. The molecule has 0 aliphatic rings. The highest BCUT2D eigenvalue weighted by Gasteiger charge is 2.26. The number of hydrogen-bond acceptors (Lipinski definition) is 5. The molecule has 2 aromatic rings. The van der Waals surface area contributed by atoms with Crippen LogP contribution in [0.3, 0.4) is 0 Å². The number of nitrogens with two attached hydrogens (primary N) is 1. The van der Waals surface area contributed by atoms with Crippen LogP contribution in [0.15, 0.2) is 18.3 Å². The molecule has 0 aliphatic carbocycles. The zero-order valence-corrected chi connectivity index (χ0v) is 14.0. The molecule has 4 N–H and O–H groups in total. The highest BCUT2D eigenvalue weighted by atomic mass is 16.5. The number of pyridine rings is 1. The van der Waals surface area contributed by atoms with Crippen LogP contribution in [0.1, 0.15) is 36.5 Å². The van der Waals surface area contributed by atoms with Crippen molar-refractivity contribution in [1.82, 2.24) is 14.7 Å². The van der Waals surface area contributed by atoms with Crippen LogP contribution in [0, 0.1) is 0 Å². The number of primary amides is 1. The lowest BCUT2D eigenvalue weighted by Gasteiger charge is -2.13. The fourth-order valence-corrected chi connectivity index (χ4v) is 2.47. The number of carbonyl (C=O) groups is 3. The molecule has 1 unspecified atom stereocenters. The Morgan fingerprint density at radius 3 is 2.68 bits per heavy atom. The number of rotatable bonds is 8. The predicted octanol–water partition coefficient (Wildman–Crippen LogP) is 0.354. The zero-order valence-electron chi connectivity index (χ0n) is 14.0. The second-order valence-electron chi connectivity index (χ2n) is 5.29. The molecule has 9 nitrogen and oxygen atoms in total. The summed E-state index contributed by atoms with van der Waals surface area (Å²) in [5.74, 6) is -2.29. The number of aryl methyl sites for hydroxylation is 1. The van der Waals surface area contributed by atoms with Gasteiger partial charge < -0.3 is 20.9 Å². The van der Waals surface area contributed by atoms with Crippen LogP contribution >= 0.6 is 0 Å². The maximum absolute atomic E-state index is 12.6. The van der Waals surface area contributed by atoms with E-state index in [9.17, 15) is 14.4 Å². The first-order valence-electron chi connectivity index (χ1n) is 7.83. The van der Waals surface area contributed by atoms with Gasteiger partial charge in [0, 0.05) is 6.20 Å². The number of hydrogen-bond donors (Lipinski definition) is 3. The first kappa shape index (κ1) is 18.2. The summed E-state index contributed by atoms with van der Waals surface area (Å²) in [5, 5.41) is 11.5. The maximum atomic E-state index is 12.6. The van der Waals surface area contributed by atoms with Crippen LogP contribution in [0.25, 0.3) is 5.65 Å². The molecule has 2 heterocycles. The van der Waals surface area contributed by atoms with Crippen molar-refractivity contribution in [3.63, 3.8) is 0 Å². The van der Waals surface area contributed by atoms with E-state index in [4.69, 9.17) is 15.6 Å². The van der Waals surface area contributed by atoms with Gasteiger partial charge in [0.15, 0.2) is 11.4 Å². The van der Waals surface area contributed by atoms with Crippen LogP contribution in [0.4, 0.5) is 0 Å². The van der Waals surface area contributed by atoms with Crippen molar-refractivity contribution < 1.29 is 24.2 Å². The van der Waals surface area contributed by atoms with Crippen LogP contribution in [-0.2, 0) is 16.0 Å². The van der Waals surface area contributed by atoms with Gasteiger partial charge in [0.2, 0.25) is 5.91 Å². The van der Waals surface area contributed by atoms with E-state index in [1.165, 1.54) is 0 Å². The molecule has 0 saturated carbocycles. The fourth-order valence-electron chi connectivity index (χ4n) is 2.47. The van der Waals surface area contributed by atoms with E-state index in [0.717, 1.165) is 0 Å². The van der Waals surface area contributed by atoms with Gasteiger partial charge in [0.25, 0.3) is 5.91 Å². The largest absolute Gasteiger partial charge is 0.490 e. The smallest absolute Gasteiger partial charge is 0.326 e. The lowest BCUT2D eigenvalue weighted by Crippen LogP contribution is -2.43. The number of ether oxygens (including phenoxy) is 1. The van der Waals surface area contributed by atoms with E-state index in [-0.39, 0.29) is 5.69 Å². The molecule has 0 fully saturated rings. The molecule has 25 heavy (non-hydrogen) atoms. The van der Waals surface area contributed by atoms with Gasteiger partial charge in [-0.05, 0) is 25.5 Å². The van der Waals surface area contributed by atoms with E-state index in [0.29, 0.717) is 30.1 Å². The Balaban J connectivity index is 2.44. The standard InChI is InChI=1S/C16H20N4O5/c1-3-9-13(15(22)19-10(16(23)24)8-12(17)21)20-7-5-6-11(25-4-2)14(20)18-9/h5-7,10H,3-4,8H2,1-2H3,(H2,17,21)(H,19,22)(H,23,24). The molecule has 2 aromatic heterocycles. The van der Waals surface area contributed by atoms with E-state index >= 15 is 0 Å². The summed E-state index contributed by atoms with van der Waals surface area (Å²) in [5.41, 5.74) is 6.20.